The maximum atomic E-state index is 12.5. The van der Waals surface area contributed by atoms with Crippen molar-refractivity contribution in [2.45, 2.75) is 37.6 Å². The third-order valence-corrected chi connectivity index (χ3v) is 5.50. The summed E-state index contributed by atoms with van der Waals surface area (Å²) in [7, 11) is -3.47. The van der Waals surface area contributed by atoms with E-state index in [1.54, 1.807) is 6.07 Å². The number of likely N-dealkylation sites (tertiary alicyclic amines) is 1. The van der Waals surface area contributed by atoms with E-state index in [1.165, 1.54) is 0 Å². The van der Waals surface area contributed by atoms with Crippen LogP contribution < -0.4 is 4.72 Å². The van der Waals surface area contributed by atoms with E-state index >= 15 is 0 Å². The SMILES string of the molecule is Cc1ccc(S(=O)(=O)NC2CCN(CC#N)CC2)c(C)c1. The largest absolute Gasteiger partial charge is 0.290 e. The zero-order valence-corrected chi connectivity index (χ0v) is 13.3. The van der Waals surface area contributed by atoms with E-state index in [2.05, 4.69) is 10.8 Å². The summed E-state index contributed by atoms with van der Waals surface area (Å²) in [5, 5.41) is 8.67. The summed E-state index contributed by atoms with van der Waals surface area (Å²) in [5.74, 6) is 0. The number of nitrogens with zero attached hydrogens (tertiary/aromatic N) is 2. The smallest absolute Gasteiger partial charge is 0.241 e. The molecule has 2 rings (SSSR count). The molecule has 1 fully saturated rings. The Hall–Kier alpha value is -1.42. The minimum absolute atomic E-state index is 0.0503. The van der Waals surface area contributed by atoms with Crippen molar-refractivity contribution in [2.24, 2.45) is 0 Å². The predicted molar refractivity (Wildman–Crippen MR) is 81.3 cm³/mol. The lowest BCUT2D eigenvalue weighted by molar-refractivity contribution is 0.229. The van der Waals surface area contributed by atoms with Gasteiger partial charge in [0.15, 0.2) is 0 Å². The molecule has 1 heterocycles. The van der Waals surface area contributed by atoms with Crippen LogP contribution in [0.25, 0.3) is 0 Å². The maximum Gasteiger partial charge on any atom is 0.241 e. The van der Waals surface area contributed by atoms with Gasteiger partial charge in [-0.15, -0.1) is 0 Å². The summed E-state index contributed by atoms with van der Waals surface area (Å²) in [6.07, 6.45) is 1.48. The minimum Gasteiger partial charge on any atom is -0.290 e. The van der Waals surface area contributed by atoms with E-state index < -0.39 is 10.0 Å². The molecule has 0 unspecified atom stereocenters. The Morgan fingerprint density at radius 3 is 2.57 bits per heavy atom. The van der Waals surface area contributed by atoms with Crippen molar-refractivity contribution in [2.75, 3.05) is 19.6 Å². The van der Waals surface area contributed by atoms with Crippen molar-refractivity contribution < 1.29 is 8.42 Å². The van der Waals surface area contributed by atoms with E-state index in [1.807, 2.05) is 30.9 Å². The van der Waals surface area contributed by atoms with Gasteiger partial charge in [0.1, 0.15) is 0 Å². The molecular weight excluding hydrogens is 286 g/mol. The van der Waals surface area contributed by atoms with Gasteiger partial charge in [0.25, 0.3) is 0 Å². The first-order valence-electron chi connectivity index (χ1n) is 7.11. The van der Waals surface area contributed by atoms with Crippen LogP contribution in [0.15, 0.2) is 23.1 Å². The van der Waals surface area contributed by atoms with Gasteiger partial charge in [0.2, 0.25) is 10.0 Å². The molecule has 1 saturated heterocycles. The highest BCUT2D eigenvalue weighted by molar-refractivity contribution is 7.89. The fraction of sp³-hybridized carbons (Fsp3) is 0.533. The van der Waals surface area contributed by atoms with Crippen molar-refractivity contribution in [1.82, 2.24) is 9.62 Å². The second-order valence-corrected chi connectivity index (χ2v) is 7.28. The second kappa shape index (κ2) is 6.56. The molecule has 1 aliphatic rings. The molecule has 21 heavy (non-hydrogen) atoms. The Balaban J connectivity index is 2.04. The van der Waals surface area contributed by atoms with E-state index in [0.29, 0.717) is 11.4 Å². The number of hydrogen-bond donors (Lipinski definition) is 1. The molecule has 1 aromatic carbocycles. The molecule has 1 N–H and O–H groups in total. The number of rotatable bonds is 4. The van der Waals surface area contributed by atoms with Gasteiger partial charge >= 0.3 is 0 Å². The van der Waals surface area contributed by atoms with Crippen LogP contribution in [0.3, 0.4) is 0 Å². The molecule has 0 saturated carbocycles. The van der Waals surface area contributed by atoms with Crippen LogP contribution in [0, 0.1) is 25.2 Å². The van der Waals surface area contributed by atoms with Gasteiger partial charge in [-0.1, -0.05) is 17.7 Å². The Labute approximate surface area is 126 Å². The Morgan fingerprint density at radius 1 is 1.33 bits per heavy atom. The molecule has 0 aliphatic carbocycles. The van der Waals surface area contributed by atoms with Gasteiger partial charge in [0.05, 0.1) is 17.5 Å². The lowest BCUT2D eigenvalue weighted by Gasteiger charge is -2.30. The normalized spacial score (nSPS) is 17.6. The quantitative estimate of drug-likeness (QED) is 0.857. The first-order valence-corrected chi connectivity index (χ1v) is 8.59. The molecule has 0 atom stereocenters. The van der Waals surface area contributed by atoms with Crippen LogP contribution >= 0.6 is 0 Å². The van der Waals surface area contributed by atoms with Gasteiger partial charge in [-0.2, -0.15) is 5.26 Å². The number of piperidine rings is 1. The summed E-state index contributed by atoms with van der Waals surface area (Å²) < 4.78 is 27.7. The van der Waals surface area contributed by atoms with Crippen molar-refractivity contribution in [1.29, 1.82) is 5.26 Å². The molecular formula is C15H21N3O2S. The van der Waals surface area contributed by atoms with Crippen molar-refractivity contribution in [3.8, 4) is 6.07 Å². The molecule has 5 nitrogen and oxygen atoms in total. The molecule has 0 spiro atoms. The number of nitriles is 1. The van der Waals surface area contributed by atoms with E-state index in [-0.39, 0.29) is 6.04 Å². The molecule has 0 amide bonds. The highest BCUT2D eigenvalue weighted by Crippen LogP contribution is 2.19. The Kier molecular flexibility index (Phi) is 4.99. The molecule has 1 aliphatic heterocycles. The van der Waals surface area contributed by atoms with Gasteiger partial charge in [0, 0.05) is 19.1 Å². The summed E-state index contributed by atoms with van der Waals surface area (Å²) in [4.78, 5) is 2.40. The van der Waals surface area contributed by atoms with Crippen LogP contribution in [0.5, 0.6) is 0 Å². The van der Waals surface area contributed by atoms with Gasteiger partial charge in [-0.05, 0) is 38.3 Å². The van der Waals surface area contributed by atoms with Crippen LogP contribution in [-0.2, 0) is 10.0 Å². The zero-order valence-electron chi connectivity index (χ0n) is 12.5. The minimum atomic E-state index is -3.47. The molecule has 0 radical (unpaired) electrons. The zero-order chi connectivity index (χ0) is 15.5. The number of hydrogen-bond acceptors (Lipinski definition) is 4. The molecule has 0 aromatic heterocycles. The average molecular weight is 307 g/mol. The van der Waals surface area contributed by atoms with E-state index in [0.717, 1.165) is 37.1 Å². The lowest BCUT2D eigenvalue weighted by Crippen LogP contribution is -2.44. The molecule has 0 bridgehead atoms. The van der Waals surface area contributed by atoms with Crippen molar-refractivity contribution in [3.05, 3.63) is 29.3 Å². The molecule has 6 heteroatoms. The van der Waals surface area contributed by atoms with Crippen molar-refractivity contribution >= 4 is 10.0 Å². The van der Waals surface area contributed by atoms with E-state index in [4.69, 9.17) is 5.26 Å². The molecule has 1 aromatic rings. The number of aryl methyl sites for hydroxylation is 2. The number of sulfonamides is 1. The number of nitrogens with one attached hydrogen (secondary N) is 1. The summed E-state index contributed by atoms with van der Waals surface area (Å²) in [6.45, 7) is 5.69. The predicted octanol–water partition coefficient (Wildman–Crippen LogP) is 1.57. The third kappa shape index (κ3) is 4.03. The average Bonchev–Trinajstić information content (AvgIpc) is 2.40. The van der Waals surface area contributed by atoms with Crippen LogP contribution in [0.4, 0.5) is 0 Å². The second-order valence-electron chi connectivity index (χ2n) is 5.60. The van der Waals surface area contributed by atoms with Crippen LogP contribution in [0.1, 0.15) is 24.0 Å². The maximum absolute atomic E-state index is 12.5. The first kappa shape index (κ1) is 16.0. The third-order valence-electron chi connectivity index (χ3n) is 3.82. The summed E-state index contributed by atoms with van der Waals surface area (Å²) >= 11 is 0. The highest BCUT2D eigenvalue weighted by Gasteiger charge is 2.25. The van der Waals surface area contributed by atoms with Crippen LogP contribution in [0.2, 0.25) is 0 Å². The number of benzene rings is 1. The fourth-order valence-electron chi connectivity index (χ4n) is 2.69. The monoisotopic (exact) mass is 307 g/mol. The van der Waals surface area contributed by atoms with E-state index in [9.17, 15) is 8.42 Å². The van der Waals surface area contributed by atoms with Crippen LogP contribution in [-0.4, -0.2) is 39.0 Å². The Bertz CT molecular complexity index is 641. The lowest BCUT2D eigenvalue weighted by atomic mass is 10.1. The van der Waals surface area contributed by atoms with Gasteiger partial charge in [-0.25, -0.2) is 13.1 Å². The van der Waals surface area contributed by atoms with Gasteiger partial charge < -0.3 is 0 Å². The Morgan fingerprint density at radius 2 is 2.00 bits per heavy atom. The fourth-order valence-corrected chi connectivity index (χ4v) is 4.22. The topological polar surface area (TPSA) is 73.2 Å². The summed E-state index contributed by atoms with van der Waals surface area (Å²) in [6, 6.07) is 7.44. The highest BCUT2D eigenvalue weighted by atomic mass is 32.2. The summed E-state index contributed by atoms with van der Waals surface area (Å²) in [5.41, 5.74) is 1.82. The first-order chi connectivity index (χ1) is 9.92. The standard InChI is InChI=1S/C15H21N3O2S/c1-12-3-4-15(13(2)11-12)21(19,20)17-14-5-8-18(9-6-14)10-7-16/h3-4,11,14,17H,5-6,8-10H2,1-2H3. The van der Waals surface area contributed by atoms with Gasteiger partial charge in [-0.3, -0.25) is 4.90 Å². The van der Waals surface area contributed by atoms with Crippen molar-refractivity contribution in [3.63, 3.8) is 0 Å². The molecule has 114 valence electrons.